The number of rotatable bonds is 4. The second-order valence-electron chi connectivity index (χ2n) is 3.61. The highest BCUT2D eigenvalue weighted by atomic mass is 32.1. The first-order valence-corrected chi connectivity index (χ1v) is 4.90. The minimum absolute atomic E-state index is 0.226. The topological polar surface area (TPSA) is 35.2 Å². The summed E-state index contributed by atoms with van der Waals surface area (Å²) in [5, 5.41) is 4.13. The van der Waals surface area contributed by atoms with Gasteiger partial charge in [-0.2, -0.15) is 11.3 Å². The van der Waals surface area contributed by atoms with Crippen molar-refractivity contribution in [3.8, 4) is 0 Å². The molecule has 1 aromatic heterocycles. The first-order valence-electron chi connectivity index (χ1n) is 3.96. The van der Waals surface area contributed by atoms with E-state index in [9.17, 15) is 0 Å². The van der Waals surface area contributed by atoms with E-state index < -0.39 is 0 Å². The van der Waals surface area contributed by atoms with Crippen LogP contribution in [0.15, 0.2) is 16.8 Å². The van der Waals surface area contributed by atoms with Crippen molar-refractivity contribution in [1.82, 2.24) is 0 Å². The summed E-state index contributed by atoms with van der Waals surface area (Å²) in [7, 11) is 0. The summed E-state index contributed by atoms with van der Waals surface area (Å²) < 4.78 is 5.42. The molecular weight excluding hydrogens is 170 g/mol. The molecule has 0 saturated carbocycles. The Bertz CT molecular complexity index is 213. The molecule has 0 saturated heterocycles. The molecule has 1 rings (SSSR count). The highest BCUT2D eigenvalue weighted by Gasteiger charge is 2.09. The molecule has 2 nitrogen and oxygen atoms in total. The zero-order chi connectivity index (χ0) is 9.03. The van der Waals surface area contributed by atoms with Crippen LogP contribution in [0.3, 0.4) is 0 Å². The van der Waals surface area contributed by atoms with E-state index >= 15 is 0 Å². The Hall–Kier alpha value is -0.380. The quantitative estimate of drug-likeness (QED) is 0.778. The van der Waals surface area contributed by atoms with E-state index in [4.69, 9.17) is 10.5 Å². The smallest absolute Gasteiger partial charge is 0.0725 e. The van der Waals surface area contributed by atoms with Gasteiger partial charge in [0.2, 0.25) is 0 Å². The molecule has 0 aliphatic carbocycles. The molecule has 68 valence electrons. The van der Waals surface area contributed by atoms with Gasteiger partial charge in [0.15, 0.2) is 0 Å². The van der Waals surface area contributed by atoms with Crippen LogP contribution in [0.25, 0.3) is 0 Å². The lowest BCUT2D eigenvalue weighted by Gasteiger charge is -2.17. The minimum atomic E-state index is -0.226. The van der Waals surface area contributed by atoms with Gasteiger partial charge >= 0.3 is 0 Å². The van der Waals surface area contributed by atoms with Gasteiger partial charge in [0.05, 0.1) is 13.2 Å². The maximum atomic E-state index is 5.75. The van der Waals surface area contributed by atoms with Crippen LogP contribution in [-0.4, -0.2) is 12.1 Å². The Kier molecular flexibility index (Phi) is 3.26. The molecular formula is C9H15NOS. The van der Waals surface area contributed by atoms with Crippen molar-refractivity contribution in [1.29, 1.82) is 0 Å². The average Bonchev–Trinajstić information content (AvgIpc) is 2.36. The van der Waals surface area contributed by atoms with E-state index in [0.717, 1.165) is 0 Å². The molecule has 0 radical (unpaired) electrons. The van der Waals surface area contributed by atoms with Gasteiger partial charge in [-0.05, 0) is 36.2 Å². The van der Waals surface area contributed by atoms with E-state index in [1.807, 2.05) is 19.2 Å². The first-order chi connectivity index (χ1) is 5.58. The number of hydrogen-bond acceptors (Lipinski definition) is 3. The van der Waals surface area contributed by atoms with Crippen LogP contribution < -0.4 is 5.73 Å². The molecule has 0 amide bonds. The van der Waals surface area contributed by atoms with Crippen LogP contribution in [-0.2, 0) is 11.3 Å². The Morgan fingerprint density at radius 2 is 2.33 bits per heavy atom. The fraction of sp³-hybridized carbons (Fsp3) is 0.556. The number of ether oxygens (including phenoxy) is 1. The third-order valence-corrected chi connectivity index (χ3v) is 2.05. The van der Waals surface area contributed by atoms with Gasteiger partial charge in [0.25, 0.3) is 0 Å². The van der Waals surface area contributed by atoms with E-state index in [-0.39, 0.29) is 5.54 Å². The highest BCUT2D eigenvalue weighted by molar-refractivity contribution is 7.07. The summed E-state index contributed by atoms with van der Waals surface area (Å²) in [4.78, 5) is 0. The molecule has 12 heavy (non-hydrogen) atoms. The standard InChI is InChI=1S/C9H15NOS/c1-9(2,10)7-11-5-8-3-4-12-6-8/h3-4,6H,5,7,10H2,1-2H3. The average molecular weight is 185 g/mol. The zero-order valence-corrected chi connectivity index (χ0v) is 8.36. The number of hydrogen-bond donors (Lipinski definition) is 1. The van der Waals surface area contributed by atoms with Gasteiger partial charge in [0, 0.05) is 5.54 Å². The van der Waals surface area contributed by atoms with Gasteiger partial charge < -0.3 is 10.5 Å². The molecule has 0 aromatic carbocycles. The molecule has 0 spiro atoms. The minimum Gasteiger partial charge on any atom is -0.375 e. The zero-order valence-electron chi connectivity index (χ0n) is 7.54. The summed E-state index contributed by atoms with van der Waals surface area (Å²) in [6.45, 7) is 5.19. The summed E-state index contributed by atoms with van der Waals surface area (Å²) in [6, 6.07) is 2.06. The van der Waals surface area contributed by atoms with Gasteiger partial charge in [-0.1, -0.05) is 0 Å². The fourth-order valence-corrected chi connectivity index (χ4v) is 1.46. The highest BCUT2D eigenvalue weighted by Crippen LogP contribution is 2.08. The van der Waals surface area contributed by atoms with E-state index in [2.05, 4.69) is 11.4 Å². The second-order valence-corrected chi connectivity index (χ2v) is 4.39. The summed E-state index contributed by atoms with van der Waals surface area (Å²) in [5.41, 5.74) is 6.75. The molecule has 0 unspecified atom stereocenters. The Labute approximate surface area is 77.3 Å². The third kappa shape index (κ3) is 3.85. The molecule has 0 aliphatic heterocycles. The maximum Gasteiger partial charge on any atom is 0.0725 e. The van der Waals surface area contributed by atoms with Crippen LogP contribution in [0.4, 0.5) is 0 Å². The van der Waals surface area contributed by atoms with Gasteiger partial charge in [-0.25, -0.2) is 0 Å². The number of nitrogens with two attached hydrogens (primary N) is 1. The molecule has 0 bridgehead atoms. The van der Waals surface area contributed by atoms with Crippen molar-refractivity contribution in [2.75, 3.05) is 6.61 Å². The van der Waals surface area contributed by atoms with Crippen LogP contribution in [0, 0.1) is 0 Å². The lowest BCUT2D eigenvalue weighted by atomic mass is 10.1. The first kappa shape index (κ1) is 9.71. The van der Waals surface area contributed by atoms with Crippen LogP contribution in [0.1, 0.15) is 19.4 Å². The Balaban J connectivity index is 2.20. The summed E-state index contributed by atoms with van der Waals surface area (Å²) in [5.74, 6) is 0. The van der Waals surface area contributed by atoms with E-state index in [1.54, 1.807) is 11.3 Å². The van der Waals surface area contributed by atoms with Crippen LogP contribution >= 0.6 is 11.3 Å². The SMILES string of the molecule is CC(C)(N)COCc1ccsc1. The Morgan fingerprint density at radius 3 is 2.83 bits per heavy atom. The molecule has 3 heteroatoms. The van der Waals surface area contributed by atoms with E-state index in [1.165, 1.54) is 5.56 Å². The third-order valence-electron chi connectivity index (χ3n) is 1.32. The summed E-state index contributed by atoms with van der Waals surface area (Å²) in [6.07, 6.45) is 0. The van der Waals surface area contributed by atoms with Crippen LogP contribution in [0.5, 0.6) is 0 Å². The molecule has 1 heterocycles. The van der Waals surface area contributed by atoms with E-state index in [0.29, 0.717) is 13.2 Å². The van der Waals surface area contributed by atoms with Gasteiger partial charge in [-0.3, -0.25) is 0 Å². The van der Waals surface area contributed by atoms with Crippen molar-refractivity contribution >= 4 is 11.3 Å². The van der Waals surface area contributed by atoms with Crippen molar-refractivity contribution in [3.63, 3.8) is 0 Å². The second kappa shape index (κ2) is 4.03. The monoisotopic (exact) mass is 185 g/mol. The van der Waals surface area contributed by atoms with Crippen molar-refractivity contribution in [2.45, 2.75) is 26.0 Å². The maximum absolute atomic E-state index is 5.75. The molecule has 0 atom stereocenters. The summed E-state index contributed by atoms with van der Waals surface area (Å²) >= 11 is 1.69. The number of thiophene rings is 1. The molecule has 2 N–H and O–H groups in total. The molecule has 0 fully saturated rings. The fourth-order valence-electron chi connectivity index (χ4n) is 0.807. The molecule has 1 aromatic rings. The normalized spacial score (nSPS) is 11.9. The molecule has 0 aliphatic rings. The predicted molar refractivity (Wildman–Crippen MR) is 52.2 cm³/mol. The van der Waals surface area contributed by atoms with Crippen molar-refractivity contribution in [2.24, 2.45) is 5.73 Å². The van der Waals surface area contributed by atoms with Crippen molar-refractivity contribution in [3.05, 3.63) is 22.4 Å². The lowest BCUT2D eigenvalue weighted by Crippen LogP contribution is -2.37. The van der Waals surface area contributed by atoms with Gasteiger partial charge in [0.1, 0.15) is 0 Å². The van der Waals surface area contributed by atoms with Crippen LogP contribution in [0.2, 0.25) is 0 Å². The van der Waals surface area contributed by atoms with Crippen molar-refractivity contribution < 1.29 is 4.74 Å². The lowest BCUT2D eigenvalue weighted by molar-refractivity contribution is 0.0853. The largest absolute Gasteiger partial charge is 0.375 e. The Morgan fingerprint density at radius 1 is 1.58 bits per heavy atom. The van der Waals surface area contributed by atoms with Gasteiger partial charge in [-0.15, -0.1) is 0 Å². The predicted octanol–water partition coefficient (Wildman–Crippen LogP) is 2.00.